The fourth-order valence-electron chi connectivity index (χ4n) is 4.62. The summed E-state index contributed by atoms with van der Waals surface area (Å²) in [4.78, 5) is 29.1. The van der Waals surface area contributed by atoms with Crippen molar-refractivity contribution in [3.63, 3.8) is 0 Å². The van der Waals surface area contributed by atoms with Gasteiger partial charge in [-0.15, -0.1) is 0 Å². The molecular formula is C32H39Cl2N3O4S. The lowest BCUT2D eigenvalue weighted by Crippen LogP contribution is -2.51. The Morgan fingerprint density at radius 2 is 1.62 bits per heavy atom. The van der Waals surface area contributed by atoms with E-state index in [-0.39, 0.29) is 43.7 Å². The van der Waals surface area contributed by atoms with E-state index in [1.165, 1.54) is 4.31 Å². The maximum atomic E-state index is 13.9. The molecule has 3 aromatic rings. The second kappa shape index (κ2) is 15.4. The van der Waals surface area contributed by atoms with Crippen LogP contribution in [0.4, 0.5) is 5.69 Å². The molecule has 0 bridgehead atoms. The Morgan fingerprint density at radius 1 is 0.952 bits per heavy atom. The Bertz CT molecular complexity index is 1470. The predicted octanol–water partition coefficient (Wildman–Crippen LogP) is 6.26. The third-order valence-electron chi connectivity index (χ3n) is 6.85. The second-order valence-electron chi connectivity index (χ2n) is 10.8. The van der Waals surface area contributed by atoms with E-state index < -0.39 is 16.1 Å². The van der Waals surface area contributed by atoms with Gasteiger partial charge in [-0.25, -0.2) is 8.42 Å². The van der Waals surface area contributed by atoms with Crippen molar-refractivity contribution in [1.82, 2.24) is 10.2 Å². The van der Waals surface area contributed by atoms with Crippen LogP contribution in [-0.4, -0.2) is 50.5 Å². The first-order valence-corrected chi connectivity index (χ1v) is 16.6. The van der Waals surface area contributed by atoms with Crippen molar-refractivity contribution >= 4 is 50.7 Å². The zero-order valence-corrected chi connectivity index (χ0v) is 26.8. The van der Waals surface area contributed by atoms with Crippen LogP contribution in [0.2, 0.25) is 10.0 Å². The first-order valence-electron chi connectivity index (χ1n) is 13.9. The molecule has 0 fully saturated rings. The van der Waals surface area contributed by atoms with Crippen molar-refractivity contribution in [3.8, 4) is 0 Å². The molecule has 1 N–H and O–H groups in total. The van der Waals surface area contributed by atoms with Gasteiger partial charge in [-0.1, -0.05) is 91.6 Å². The van der Waals surface area contributed by atoms with Gasteiger partial charge in [-0.3, -0.25) is 13.9 Å². The second-order valence-corrected chi connectivity index (χ2v) is 13.6. The molecule has 0 aliphatic carbocycles. The van der Waals surface area contributed by atoms with Crippen LogP contribution in [-0.2, 0) is 32.6 Å². The lowest BCUT2D eigenvalue weighted by molar-refractivity contribution is -0.141. The Labute approximate surface area is 259 Å². The smallest absolute Gasteiger partial charge is 0.243 e. The highest BCUT2D eigenvalue weighted by Crippen LogP contribution is 2.27. The fourth-order valence-corrected chi connectivity index (χ4v) is 6.00. The van der Waals surface area contributed by atoms with Crippen molar-refractivity contribution in [2.24, 2.45) is 5.92 Å². The fraction of sp³-hybridized carbons (Fsp3) is 0.375. The monoisotopic (exact) mass is 631 g/mol. The Kier molecular flexibility index (Phi) is 12.3. The van der Waals surface area contributed by atoms with Crippen molar-refractivity contribution in [1.29, 1.82) is 0 Å². The van der Waals surface area contributed by atoms with Gasteiger partial charge in [-0.2, -0.15) is 0 Å². The van der Waals surface area contributed by atoms with E-state index in [9.17, 15) is 18.0 Å². The number of rotatable bonds is 14. The highest BCUT2D eigenvalue weighted by molar-refractivity contribution is 7.92. The van der Waals surface area contributed by atoms with Crippen molar-refractivity contribution in [3.05, 3.63) is 99.5 Å². The van der Waals surface area contributed by atoms with Gasteiger partial charge in [0.1, 0.15) is 6.04 Å². The molecule has 10 heteroatoms. The zero-order chi connectivity index (χ0) is 30.9. The minimum Gasteiger partial charge on any atom is -0.354 e. The molecule has 0 aliphatic rings. The molecule has 1 atom stereocenters. The number of anilines is 1. The third kappa shape index (κ3) is 9.75. The molecule has 0 saturated heterocycles. The number of aryl methyl sites for hydroxylation is 1. The van der Waals surface area contributed by atoms with Crippen LogP contribution in [0.3, 0.4) is 0 Å². The number of halogens is 2. The predicted molar refractivity (Wildman–Crippen MR) is 171 cm³/mol. The van der Waals surface area contributed by atoms with Crippen LogP contribution in [0.5, 0.6) is 0 Å². The number of sulfonamides is 1. The number of benzene rings is 3. The summed E-state index contributed by atoms with van der Waals surface area (Å²) in [5, 5.41) is 3.91. The molecular weight excluding hydrogens is 593 g/mol. The minimum absolute atomic E-state index is 0.0266. The number of nitrogens with one attached hydrogen (secondary N) is 1. The summed E-state index contributed by atoms with van der Waals surface area (Å²) in [6.07, 6.45) is 1.72. The van der Waals surface area contributed by atoms with Crippen LogP contribution in [0.25, 0.3) is 0 Å². The Balaban J connectivity index is 1.91. The van der Waals surface area contributed by atoms with Crippen molar-refractivity contribution < 1.29 is 18.0 Å². The number of nitrogens with zero attached hydrogens (tertiary/aromatic N) is 2. The number of hydrogen-bond donors (Lipinski definition) is 1. The Morgan fingerprint density at radius 3 is 2.26 bits per heavy atom. The summed E-state index contributed by atoms with van der Waals surface area (Å²) in [7, 11) is -3.65. The van der Waals surface area contributed by atoms with E-state index in [0.29, 0.717) is 28.7 Å². The van der Waals surface area contributed by atoms with E-state index >= 15 is 0 Å². The van der Waals surface area contributed by atoms with E-state index in [0.717, 1.165) is 22.9 Å². The maximum absolute atomic E-state index is 13.9. The summed E-state index contributed by atoms with van der Waals surface area (Å²) >= 11 is 12.7. The standard InChI is InChI=1S/C32H39Cl2N3O4S/c1-23(2)21-35-32(39)30(19-25-11-6-5-7-12-25)36(22-26-13-8-9-14-28(26)34)31(38)15-10-18-37(42(4,40)41)29-20-27(33)17-16-24(29)3/h5-9,11-14,16-17,20,23,30H,10,15,18-19,21-22H2,1-4H3,(H,35,39). The van der Waals surface area contributed by atoms with E-state index in [2.05, 4.69) is 5.32 Å². The zero-order valence-electron chi connectivity index (χ0n) is 24.5. The highest BCUT2D eigenvalue weighted by atomic mass is 35.5. The van der Waals surface area contributed by atoms with Gasteiger partial charge in [0.05, 0.1) is 11.9 Å². The molecule has 42 heavy (non-hydrogen) atoms. The lowest BCUT2D eigenvalue weighted by Gasteiger charge is -2.32. The van der Waals surface area contributed by atoms with Gasteiger partial charge in [0, 0.05) is 42.5 Å². The average Bonchev–Trinajstić information content (AvgIpc) is 2.94. The molecule has 0 saturated carbocycles. The Hall–Kier alpha value is -3.07. The molecule has 0 aromatic heterocycles. The van der Waals surface area contributed by atoms with E-state index in [4.69, 9.17) is 23.2 Å². The van der Waals surface area contributed by atoms with Crippen LogP contribution >= 0.6 is 23.2 Å². The van der Waals surface area contributed by atoms with Gasteiger partial charge in [0.15, 0.2) is 0 Å². The van der Waals surface area contributed by atoms with Gasteiger partial charge in [0.2, 0.25) is 21.8 Å². The first-order chi connectivity index (χ1) is 19.9. The lowest BCUT2D eigenvalue weighted by atomic mass is 10.0. The van der Waals surface area contributed by atoms with Crippen LogP contribution < -0.4 is 9.62 Å². The topological polar surface area (TPSA) is 86.8 Å². The number of carbonyl (C=O) groups is 2. The summed E-state index contributed by atoms with van der Waals surface area (Å²) in [6.45, 7) is 6.51. The molecule has 0 radical (unpaired) electrons. The number of amides is 2. The first kappa shape index (κ1) is 33.4. The quantitative estimate of drug-likeness (QED) is 0.227. The molecule has 0 heterocycles. The van der Waals surface area contributed by atoms with Gasteiger partial charge in [0.25, 0.3) is 0 Å². The van der Waals surface area contributed by atoms with Gasteiger partial charge in [-0.05, 0) is 54.2 Å². The molecule has 0 spiro atoms. The van der Waals surface area contributed by atoms with Crippen LogP contribution in [0.1, 0.15) is 43.4 Å². The van der Waals surface area contributed by atoms with E-state index in [1.807, 2.05) is 69.3 Å². The van der Waals surface area contributed by atoms with Crippen LogP contribution in [0.15, 0.2) is 72.8 Å². The molecule has 3 rings (SSSR count). The minimum atomic E-state index is -3.65. The molecule has 2 amide bonds. The molecule has 3 aromatic carbocycles. The third-order valence-corrected chi connectivity index (χ3v) is 8.63. The van der Waals surface area contributed by atoms with Crippen molar-refractivity contribution in [2.75, 3.05) is 23.7 Å². The SMILES string of the molecule is Cc1ccc(Cl)cc1N(CCCC(=O)N(Cc1ccccc1Cl)C(Cc1ccccc1)C(=O)NCC(C)C)S(C)(=O)=O. The molecule has 1 unspecified atom stereocenters. The van der Waals surface area contributed by atoms with Gasteiger partial charge < -0.3 is 10.2 Å². The van der Waals surface area contributed by atoms with E-state index in [1.54, 1.807) is 29.2 Å². The number of hydrogen-bond acceptors (Lipinski definition) is 4. The molecule has 7 nitrogen and oxygen atoms in total. The largest absolute Gasteiger partial charge is 0.354 e. The van der Waals surface area contributed by atoms with Crippen molar-refractivity contribution in [2.45, 2.75) is 52.6 Å². The molecule has 0 aliphatic heterocycles. The van der Waals surface area contributed by atoms with Crippen LogP contribution in [0, 0.1) is 12.8 Å². The summed E-state index contributed by atoms with van der Waals surface area (Å²) < 4.78 is 26.7. The summed E-state index contributed by atoms with van der Waals surface area (Å²) in [6, 6.07) is 21.1. The highest BCUT2D eigenvalue weighted by Gasteiger charge is 2.31. The number of carbonyl (C=O) groups excluding carboxylic acids is 2. The maximum Gasteiger partial charge on any atom is 0.243 e. The van der Waals surface area contributed by atoms with Gasteiger partial charge >= 0.3 is 0 Å². The summed E-state index contributed by atoms with van der Waals surface area (Å²) in [5.41, 5.74) is 2.86. The molecule has 226 valence electrons. The summed E-state index contributed by atoms with van der Waals surface area (Å²) in [5.74, 6) is -0.289. The normalized spacial score (nSPS) is 12.2. The average molecular weight is 633 g/mol.